The normalized spacial score (nSPS) is 16.8. The standard InChI is InChI=1S/C20H25N7O3S/c1-14-12-15(4-5-17(14)31(29,30)25(2)3)23-20(28)26-10-8-16(13-26)22-18-6-7-19-21-9-11-27(19)24-18/h4-7,9,11-12,16H,8,10,13H2,1-3H3,(H,22,24)(H,23,28). The molecular weight excluding hydrogens is 418 g/mol. The average Bonchev–Trinajstić information content (AvgIpc) is 3.37. The van der Waals surface area contributed by atoms with Gasteiger partial charge in [-0.25, -0.2) is 27.0 Å². The molecule has 0 aliphatic carbocycles. The Hall–Kier alpha value is -3.18. The smallest absolute Gasteiger partial charge is 0.321 e. The molecule has 31 heavy (non-hydrogen) atoms. The molecule has 2 aromatic heterocycles. The van der Waals surface area contributed by atoms with Gasteiger partial charge in [-0.3, -0.25) is 0 Å². The number of carbonyl (C=O) groups excluding carboxylic acids is 1. The topological polar surface area (TPSA) is 112 Å². The van der Waals surface area contributed by atoms with Crippen LogP contribution in [0.4, 0.5) is 16.3 Å². The molecule has 1 aliphatic rings. The quantitative estimate of drug-likeness (QED) is 0.624. The van der Waals surface area contributed by atoms with Crippen LogP contribution in [0.5, 0.6) is 0 Å². The summed E-state index contributed by atoms with van der Waals surface area (Å²) >= 11 is 0. The molecule has 3 aromatic rings. The number of hydrogen-bond donors (Lipinski definition) is 2. The number of nitrogens with zero attached hydrogens (tertiary/aromatic N) is 5. The molecule has 0 spiro atoms. The van der Waals surface area contributed by atoms with E-state index in [4.69, 9.17) is 0 Å². The number of sulfonamides is 1. The fraction of sp³-hybridized carbons (Fsp3) is 0.350. The number of amides is 2. The van der Waals surface area contributed by atoms with Crippen molar-refractivity contribution in [1.29, 1.82) is 0 Å². The molecule has 1 aromatic carbocycles. The minimum Gasteiger partial charge on any atom is -0.364 e. The molecule has 1 atom stereocenters. The molecule has 10 nitrogen and oxygen atoms in total. The fourth-order valence-corrected chi connectivity index (χ4v) is 4.68. The fourth-order valence-electron chi connectivity index (χ4n) is 3.58. The Balaban J connectivity index is 1.37. The zero-order chi connectivity index (χ0) is 22.2. The number of hydrogen-bond acceptors (Lipinski definition) is 6. The van der Waals surface area contributed by atoms with E-state index in [1.165, 1.54) is 24.5 Å². The second kappa shape index (κ2) is 8.16. The van der Waals surface area contributed by atoms with Crippen molar-refractivity contribution in [2.45, 2.75) is 24.3 Å². The van der Waals surface area contributed by atoms with Gasteiger partial charge in [0.05, 0.1) is 4.90 Å². The van der Waals surface area contributed by atoms with Crippen molar-refractivity contribution in [3.05, 3.63) is 48.3 Å². The van der Waals surface area contributed by atoms with E-state index in [0.29, 0.717) is 24.3 Å². The average molecular weight is 444 g/mol. The first-order chi connectivity index (χ1) is 14.7. The lowest BCUT2D eigenvalue weighted by Gasteiger charge is -2.19. The maximum Gasteiger partial charge on any atom is 0.321 e. The van der Waals surface area contributed by atoms with Crippen molar-refractivity contribution in [3.63, 3.8) is 0 Å². The Morgan fingerprint density at radius 2 is 2.03 bits per heavy atom. The molecule has 0 saturated carbocycles. The van der Waals surface area contributed by atoms with Crippen molar-refractivity contribution in [2.75, 3.05) is 37.8 Å². The maximum absolute atomic E-state index is 12.7. The summed E-state index contributed by atoms with van der Waals surface area (Å²) in [5, 5.41) is 10.7. The van der Waals surface area contributed by atoms with Crippen LogP contribution in [0.1, 0.15) is 12.0 Å². The molecule has 4 rings (SSSR count). The Bertz CT molecular complexity index is 1220. The number of anilines is 2. The van der Waals surface area contributed by atoms with Gasteiger partial charge in [0.25, 0.3) is 0 Å². The molecule has 3 heterocycles. The van der Waals surface area contributed by atoms with Gasteiger partial charge in [0, 0.05) is 51.3 Å². The number of urea groups is 1. The van der Waals surface area contributed by atoms with Crippen molar-refractivity contribution in [3.8, 4) is 0 Å². The van der Waals surface area contributed by atoms with Crippen LogP contribution in [0.15, 0.2) is 47.6 Å². The maximum atomic E-state index is 12.7. The minimum atomic E-state index is -3.53. The first-order valence-corrected chi connectivity index (χ1v) is 11.3. The number of benzene rings is 1. The van der Waals surface area contributed by atoms with Crippen LogP contribution in [-0.4, -0.2) is 71.5 Å². The van der Waals surface area contributed by atoms with Gasteiger partial charge < -0.3 is 15.5 Å². The molecule has 1 saturated heterocycles. The lowest BCUT2D eigenvalue weighted by molar-refractivity contribution is 0.222. The van der Waals surface area contributed by atoms with E-state index in [0.717, 1.165) is 17.9 Å². The summed E-state index contributed by atoms with van der Waals surface area (Å²) in [4.78, 5) is 18.8. The van der Waals surface area contributed by atoms with Gasteiger partial charge in [0.1, 0.15) is 5.82 Å². The third-order valence-corrected chi connectivity index (χ3v) is 7.24. The zero-order valence-corrected chi connectivity index (χ0v) is 18.4. The van der Waals surface area contributed by atoms with E-state index < -0.39 is 10.0 Å². The molecule has 164 valence electrons. The van der Waals surface area contributed by atoms with E-state index in [1.54, 1.807) is 40.9 Å². The van der Waals surface area contributed by atoms with Crippen LogP contribution in [0.2, 0.25) is 0 Å². The molecule has 2 amide bonds. The molecule has 0 bridgehead atoms. The van der Waals surface area contributed by atoms with Crippen LogP contribution < -0.4 is 10.6 Å². The first kappa shape index (κ1) is 21.1. The Morgan fingerprint density at radius 1 is 1.23 bits per heavy atom. The number of aromatic nitrogens is 3. The molecule has 1 unspecified atom stereocenters. The summed E-state index contributed by atoms with van der Waals surface area (Å²) in [5.74, 6) is 0.728. The number of fused-ring (bicyclic) bond motifs is 1. The largest absolute Gasteiger partial charge is 0.364 e. The van der Waals surface area contributed by atoms with E-state index in [2.05, 4.69) is 20.7 Å². The van der Waals surface area contributed by atoms with Gasteiger partial charge in [-0.15, -0.1) is 5.10 Å². The Morgan fingerprint density at radius 3 is 2.77 bits per heavy atom. The van der Waals surface area contributed by atoms with Crippen LogP contribution in [0, 0.1) is 6.92 Å². The van der Waals surface area contributed by atoms with Crippen molar-refractivity contribution in [2.24, 2.45) is 0 Å². The Kier molecular flexibility index (Phi) is 5.54. The summed E-state index contributed by atoms with van der Waals surface area (Å²) in [7, 11) is -0.542. The second-order valence-electron chi connectivity index (χ2n) is 7.72. The van der Waals surface area contributed by atoms with E-state index in [-0.39, 0.29) is 17.0 Å². The lowest BCUT2D eigenvalue weighted by Crippen LogP contribution is -2.35. The summed E-state index contributed by atoms with van der Waals surface area (Å²) < 4.78 is 27.6. The third kappa shape index (κ3) is 4.32. The first-order valence-electron chi connectivity index (χ1n) is 9.90. The van der Waals surface area contributed by atoms with Gasteiger partial charge in [-0.05, 0) is 49.2 Å². The van der Waals surface area contributed by atoms with E-state index in [1.807, 2.05) is 12.1 Å². The van der Waals surface area contributed by atoms with E-state index in [9.17, 15) is 13.2 Å². The lowest BCUT2D eigenvalue weighted by atomic mass is 10.2. The highest BCUT2D eigenvalue weighted by molar-refractivity contribution is 7.89. The summed E-state index contributed by atoms with van der Waals surface area (Å²) in [6.45, 7) is 2.87. The molecular formula is C20H25N7O3S. The number of rotatable bonds is 5. The van der Waals surface area contributed by atoms with Gasteiger partial charge in [-0.2, -0.15) is 0 Å². The second-order valence-corrected chi connectivity index (χ2v) is 9.84. The van der Waals surface area contributed by atoms with Crippen molar-refractivity contribution in [1.82, 2.24) is 23.8 Å². The van der Waals surface area contributed by atoms with Crippen LogP contribution >= 0.6 is 0 Å². The van der Waals surface area contributed by atoms with Crippen LogP contribution in [-0.2, 0) is 10.0 Å². The van der Waals surface area contributed by atoms with Crippen LogP contribution in [0.3, 0.4) is 0 Å². The Labute approximate surface area is 180 Å². The van der Waals surface area contributed by atoms with Gasteiger partial charge in [0.2, 0.25) is 10.0 Å². The third-order valence-electron chi connectivity index (χ3n) is 5.27. The number of nitrogens with one attached hydrogen (secondary N) is 2. The predicted octanol–water partition coefficient (Wildman–Crippen LogP) is 2.01. The monoisotopic (exact) mass is 443 g/mol. The SMILES string of the molecule is Cc1cc(NC(=O)N2CCC(Nc3ccc4nccn4n3)C2)ccc1S(=O)(=O)N(C)C. The summed E-state index contributed by atoms with van der Waals surface area (Å²) in [6.07, 6.45) is 4.28. The molecule has 2 N–H and O–H groups in total. The molecule has 0 radical (unpaired) electrons. The summed E-state index contributed by atoms with van der Waals surface area (Å²) in [6, 6.07) is 8.43. The highest BCUT2D eigenvalue weighted by atomic mass is 32.2. The summed E-state index contributed by atoms with van der Waals surface area (Å²) in [5.41, 5.74) is 1.91. The van der Waals surface area contributed by atoms with Gasteiger partial charge in [-0.1, -0.05) is 0 Å². The van der Waals surface area contributed by atoms with Gasteiger partial charge >= 0.3 is 6.03 Å². The zero-order valence-electron chi connectivity index (χ0n) is 17.6. The highest BCUT2D eigenvalue weighted by Crippen LogP contribution is 2.23. The molecule has 11 heteroatoms. The van der Waals surface area contributed by atoms with Crippen LogP contribution in [0.25, 0.3) is 5.65 Å². The number of carbonyl (C=O) groups is 1. The number of imidazole rings is 1. The van der Waals surface area contributed by atoms with Crippen molar-refractivity contribution < 1.29 is 13.2 Å². The highest BCUT2D eigenvalue weighted by Gasteiger charge is 2.27. The molecule has 1 fully saturated rings. The van der Waals surface area contributed by atoms with Gasteiger partial charge in [0.15, 0.2) is 5.65 Å². The minimum absolute atomic E-state index is 0.0913. The molecule has 1 aliphatic heterocycles. The predicted molar refractivity (Wildman–Crippen MR) is 118 cm³/mol. The van der Waals surface area contributed by atoms with E-state index >= 15 is 0 Å². The number of likely N-dealkylation sites (tertiary alicyclic amines) is 1. The number of aryl methyl sites for hydroxylation is 1. The van der Waals surface area contributed by atoms with Crippen molar-refractivity contribution >= 4 is 33.2 Å².